The third-order valence-electron chi connectivity index (χ3n) is 4.99. The van der Waals surface area contributed by atoms with E-state index in [1.54, 1.807) is 12.3 Å². The number of alkyl halides is 2. The van der Waals surface area contributed by atoms with Crippen LogP contribution in [0.4, 0.5) is 13.2 Å². The van der Waals surface area contributed by atoms with Crippen LogP contribution in [0, 0.1) is 5.82 Å². The first kappa shape index (κ1) is 20.2. The number of pyridine rings is 1. The molecule has 5 heteroatoms. The van der Waals surface area contributed by atoms with Crippen molar-refractivity contribution in [3.05, 3.63) is 77.3 Å². The molecule has 0 spiro atoms. The first-order valence-corrected chi connectivity index (χ1v) is 9.28. The van der Waals surface area contributed by atoms with E-state index in [9.17, 15) is 8.78 Å². The van der Waals surface area contributed by atoms with Gasteiger partial charge in [0.15, 0.2) is 0 Å². The van der Waals surface area contributed by atoms with E-state index in [4.69, 9.17) is 4.74 Å². The molecule has 0 bridgehead atoms. The van der Waals surface area contributed by atoms with Crippen LogP contribution in [0.1, 0.15) is 56.5 Å². The molecule has 1 aliphatic carbocycles. The molecule has 1 aromatic carbocycles. The molecule has 1 fully saturated rings. The van der Waals surface area contributed by atoms with Crippen LogP contribution in [0.3, 0.4) is 0 Å². The van der Waals surface area contributed by atoms with E-state index in [0.717, 1.165) is 22.8 Å². The molecule has 0 radical (unpaired) electrons. The summed E-state index contributed by atoms with van der Waals surface area (Å²) >= 11 is 0. The highest BCUT2D eigenvalue weighted by atomic mass is 19.1. The summed E-state index contributed by atoms with van der Waals surface area (Å²) in [6.07, 6.45) is 2.12. The zero-order chi connectivity index (χ0) is 20.5. The second kappa shape index (κ2) is 7.82. The minimum Gasteiger partial charge on any atom is -0.474 e. The van der Waals surface area contributed by atoms with Crippen LogP contribution >= 0.6 is 0 Å². The zero-order valence-corrected chi connectivity index (χ0v) is 16.3. The molecule has 0 N–H and O–H groups in total. The van der Waals surface area contributed by atoms with Crippen LogP contribution in [-0.2, 0) is 5.67 Å². The van der Waals surface area contributed by atoms with Crippen molar-refractivity contribution in [2.45, 2.75) is 51.6 Å². The Labute approximate surface area is 163 Å². The Morgan fingerprint density at radius 2 is 2.00 bits per heavy atom. The van der Waals surface area contributed by atoms with Gasteiger partial charge in [0.25, 0.3) is 0 Å². The summed E-state index contributed by atoms with van der Waals surface area (Å²) in [4.78, 5) is 4.28. The topological polar surface area (TPSA) is 22.1 Å². The molecule has 28 heavy (non-hydrogen) atoms. The third-order valence-corrected chi connectivity index (χ3v) is 4.99. The van der Waals surface area contributed by atoms with Gasteiger partial charge in [-0.3, -0.25) is 0 Å². The van der Waals surface area contributed by atoms with Gasteiger partial charge in [-0.25, -0.2) is 18.2 Å². The molecule has 0 aliphatic heterocycles. The Morgan fingerprint density at radius 3 is 2.54 bits per heavy atom. The molecule has 3 rings (SSSR count). The molecule has 1 aliphatic rings. The summed E-state index contributed by atoms with van der Waals surface area (Å²) in [6.45, 7) is 9.01. The molecule has 1 unspecified atom stereocenters. The summed E-state index contributed by atoms with van der Waals surface area (Å²) in [6, 6.07) is 7.50. The predicted molar refractivity (Wildman–Crippen MR) is 105 cm³/mol. The second-order valence-electron chi connectivity index (χ2n) is 7.52. The lowest BCUT2D eigenvalue weighted by molar-refractivity contribution is -0.0488. The molecule has 1 saturated carbocycles. The number of halogens is 3. The fraction of sp³-hybridized carbons (Fsp3) is 0.348. The predicted octanol–water partition coefficient (Wildman–Crippen LogP) is 6.64. The van der Waals surface area contributed by atoms with E-state index in [1.165, 1.54) is 19.1 Å². The van der Waals surface area contributed by atoms with E-state index in [0.29, 0.717) is 5.88 Å². The van der Waals surface area contributed by atoms with Gasteiger partial charge in [-0.1, -0.05) is 30.4 Å². The number of benzene rings is 1. The Hall–Kier alpha value is -2.56. The van der Waals surface area contributed by atoms with E-state index >= 15 is 4.39 Å². The fourth-order valence-electron chi connectivity index (χ4n) is 3.42. The third kappa shape index (κ3) is 4.29. The van der Waals surface area contributed by atoms with Crippen molar-refractivity contribution in [2.24, 2.45) is 0 Å². The fourth-order valence-corrected chi connectivity index (χ4v) is 3.42. The lowest BCUT2D eigenvalue weighted by atomic mass is 9.74. The SMILES string of the molecule is C=C(C)/C=C(\C)c1ccc(OC2CC(F)(c3ccc(C(C)F)c(F)c3)C2)nc1. The molecule has 1 heterocycles. The number of ether oxygens (including phenoxy) is 1. The number of rotatable bonds is 6. The van der Waals surface area contributed by atoms with Crippen LogP contribution in [0.5, 0.6) is 5.88 Å². The summed E-state index contributed by atoms with van der Waals surface area (Å²) in [5, 5.41) is 0. The van der Waals surface area contributed by atoms with Gasteiger partial charge >= 0.3 is 0 Å². The first-order chi connectivity index (χ1) is 13.2. The van der Waals surface area contributed by atoms with Gasteiger partial charge in [-0.05, 0) is 49.6 Å². The minimum atomic E-state index is -1.66. The Kier molecular flexibility index (Phi) is 5.64. The maximum Gasteiger partial charge on any atom is 0.213 e. The van der Waals surface area contributed by atoms with Crippen LogP contribution in [0.25, 0.3) is 5.57 Å². The van der Waals surface area contributed by atoms with E-state index in [2.05, 4.69) is 11.6 Å². The summed E-state index contributed by atoms with van der Waals surface area (Å²) < 4.78 is 48.0. The van der Waals surface area contributed by atoms with Crippen molar-refractivity contribution in [2.75, 3.05) is 0 Å². The molecule has 2 nitrogen and oxygen atoms in total. The van der Waals surface area contributed by atoms with Crippen molar-refractivity contribution in [3.63, 3.8) is 0 Å². The Bertz CT molecular complexity index is 897. The van der Waals surface area contributed by atoms with Crippen molar-refractivity contribution < 1.29 is 17.9 Å². The number of aromatic nitrogens is 1. The van der Waals surface area contributed by atoms with E-state index < -0.39 is 17.7 Å². The average Bonchev–Trinajstić information content (AvgIpc) is 2.59. The standard InChI is InChI=1S/C23H24F3NO/c1-14(2)9-15(3)17-5-8-22(27-13-17)28-19-11-23(26,12-19)18-6-7-20(16(4)24)21(25)10-18/h5-10,13,16,19H,1,11-12H2,2-4H3/b15-9+. The summed E-state index contributed by atoms with van der Waals surface area (Å²) in [7, 11) is 0. The van der Waals surface area contributed by atoms with Crippen molar-refractivity contribution in [1.82, 2.24) is 4.98 Å². The van der Waals surface area contributed by atoms with Crippen molar-refractivity contribution in [1.29, 1.82) is 0 Å². The maximum absolute atomic E-state index is 15.0. The largest absolute Gasteiger partial charge is 0.474 e. The molecular weight excluding hydrogens is 363 g/mol. The number of allylic oxidation sites excluding steroid dienone is 3. The van der Waals surface area contributed by atoms with E-state index in [1.807, 2.05) is 26.0 Å². The summed E-state index contributed by atoms with van der Waals surface area (Å²) in [5.41, 5.74) is 1.46. The van der Waals surface area contributed by atoms with Crippen LogP contribution < -0.4 is 4.74 Å². The van der Waals surface area contributed by atoms with Gasteiger partial charge in [-0.15, -0.1) is 0 Å². The number of nitrogens with zero attached hydrogens (tertiary/aromatic N) is 1. The quantitative estimate of drug-likeness (QED) is 0.519. The molecule has 0 amide bonds. The van der Waals surface area contributed by atoms with Gasteiger partial charge < -0.3 is 4.74 Å². The number of hydrogen-bond donors (Lipinski definition) is 0. The normalized spacial score (nSPS) is 23.1. The van der Waals surface area contributed by atoms with Crippen molar-refractivity contribution in [3.8, 4) is 5.88 Å². The monoisotopic (exact) mass is 387 g/mol. The van der Waals surface area contributed by atoms with Crippen molar-refractivity contribution >= 4 is 5.57 Å². The molecule has 148 valence electrons. The maximum atomic E-state index is 15.0. The molecule has 1 atom stereocenters. The highest BCUT2D eigenvalue weighted by Gasteiger charge is 2.48. The van der Waals surface area contributed by atoms with Gasteiger partial charge in [0.05, 0.1) is 0 Å². The summed E-state index contributed by atoms with van der Waals surface area (Å²) in [5.74, 6) is -0.295. The smallest absolute Gasteiger partial charge is 0.213 e. The van der Waals surface area contributed by atoms with Gasteiger partial charge in [0, 0.05) is 30.7 Å². The minimum absolute atomic E-state index is 0.0558. The molecular formula is C23H24F3NO. The zero-order valence-electron chi connectivity index (χ0n) is 16.3. The molecule has 0 saturated heterocycles. The Morgan fingerprint density at radius 1 is 1.29 bits per heavy atom. The van der Waals surface area contributed by atoms with Crippen LogP contribution in [-0.4, -0.2) is 11.1 Å². The lowest BCUT2D eigenvalue weighted by Crippen LogP contribution is -2.44. The number of hydrogen-bond acceptors (Lipinski definition) is 2. The van der Waals surface area contributed by atoms with Gasteiger partial charge in [0.2, 0.25) is 5.88 Å². The highest BCUT2D eigenvalue weighted by Crippen LogP contribution is 2.47. The Balaban J connectivity index is 1.62. The molecule has 1 aromatic heterocycles. The van der Waals surface area contributed by atoms with Crippen LogP contribution in [0.2, 0.25) is 0 Å². The highest BCUT2D eigenvalue weighted by molar-refractivity contribution is 5.65. The van der Waals surface area contributed by atoms with Crippen LogP contribution in [0.15, 0.2) is 54.8 Å². The van der Waals surface area contributed by atoms with E-state index in [-0.39, 0.29) is 30.1 Å². The lowest BCUT2D eigenvalue weighted by Gasteiger charge is -2.41. The first-order valence-electron chi connectivity index (χ1n) is 9.28. The van der Waals surface area contributed by atoms with Gasteiger partial charge in [-0.2, -0.15) is 0 Å². The van der Waals surface area contributed by atoms with Gasteiger partial charge in [0.1, 0.15) is 23.8 Å². The average molecular weight is 387 g/mol. The second-order valence-corrected chi connectivity index (χ2v) is 7.52. The molecule has 2 aromatic rings.